The molecule has 0 bridgehead atoms. The summed E-state index contributed by atoms with van der Waals surface area (Å²) in [5.41, 5.74) is 2.09. The Kier molecular flexibility index (Phi) is 6.39. The molecule has 1 aromatic heterocycles. The SMILES string of the molecule is Cc1cc(CN2CCN(C(=O)CSCc3ccc(Cl)cc3)CC2)on1. The minimum Gasteiger partial charge on any atom is -0.360 e. The Morgan fingerprint density at radius 2 is 1.96 bits per heavy atom. The van der Waals surface area contributed by atoms with E-state index < -0.39 is 0 Å². The van der Waals surface area contributed by atoms with Gasteiger partial charge in [-0.25, -0.2) is 0 Å². The fourth-order valence-corrected chi connectivity index (χ4v) is 3.81. The Morgan fingerprint density at radius 3 is 2.60 bits per heavy atom. The molecule has 1 aliphatic rings. The zero-order chi connectivity index (χ0) is 17.6. The van der Waals surface area contributed by atoms with Gasteiger partial charge < -0.3 is 9.42 Å². The van der Waals surface area contributed by atoms with Gasteiger partial charge in [0.1, 0.15) is 0 Å². The van der Waals surface area contributed by atoms with Crippen LogP contribution in [0.25, 0.3) is 0 Å². The van der Waals surface area contributed by atoms with Crippen molar-refractivity contribution in [1.82, 2.24) is 15.0 Å². The highest BCUT2D eigenvalue weighted by molar-refractivity contribution is 7.99. The van der Waals surface area contributed by atoms with Gasteiger partial charge in [0.05, 0.1) is 18.0 Å². The predicted molar refractivity (Wildman–Crippen MR) is 101 cm³/mol. The van der Waals surface area contributed by atoms with Gasteiger partial charge in [-0.1, -0.05) is 28.9 Å². The third-order valence-electron chi connectivity index (χ3n) is 4.19. The molecule has 0 radical (unpaired) electrons. The highest BCUT2D eigenvalue weighted by Crippen LogP contribution is 2.16. The fourth-order valence-electron chi connectivity index (χ4n) is 2.79. The van der Waals surface area contributed by atoms with E-state index in [1.807, 2.05) is 42.2 Å². The molecule has 0 aliphatic carbocycles. The van der Waals surface area contributed by atoms with Gasteiger partial charge in [-0.05, 0) is 24.6 Å². The molecule has 1 saturated heterocycles. The first kappa shape index (κ1) is 18.3. The first-order valence-electron chi connectivity index (χ1n) is 8.34. The van der Waals surface area contributed by atoms with Crippen LogP contribution in [0.15, 0.2) is 34.9 Å². The smallest absolute Gasteiger partial charge is 0.232 e. The van der Waals surface area contributed by atoms with Crippen LogP contribution in [0.4, 0.5) is 0 Å². The summed E-state index contributed by atoms with van der Waals surface area (Å²) in [5, 5.41) is 4.65. The van der Waals surface area contributed by atoms with E-state index >= 15 is 0 Å². The molecule has 0 N–H and O–H groups in total. The van der Waals surface area contributed by atoms with Crippen molar-refractivity contribution in [2.75, 3.05) is 31.9 Å². The lowest BCUT2D eigenvalue weighted by atomic mass is 10.2. The number of aryl methyl sites for hydroxylation is 1. The molecule has 0 saturated carbocycles. The molecule has 134 valence electrons. The van der Waals surface area contributed by atoms with Crippen LogP contribution in [-0.4, -0.2) is 52.8 Å². The number of benzene rings is 1. The molecule has 1 aromatic carbocycles. The molecule has 7 heteroatoms. The van der Waals surface area contributed by atoms with E-state index in [0.717, 1.165) is 55.0 Å². The Morgan fingerprint density at radius 1 is 1.24 bits per heavy atom. The van der Waals surface area contributed by atoms with Crippen molar-refractivity contribution in [2.45, 2.75) is 19.2 Å². The molecule has 1 aliphatic heterocycles. The second kappa shape index (κ2) is 8.74. The third kappa shape index (κ3) is 5.49. The van der Waals surface area contributed by atoms with E-state index in [4.69, 9.17) is 16.1 Å². The Bertz CT molecular complexity index is 697. The van der Waals surface area contributed by atoms with E-state index in [9.17, 15) is 4.79 Å². The summed E-state index contributed by atoms with van der Waals surface area (Å²) in [7, 11) is 0. The molecule has 2 aromatic rings. The average molecular weight is 380 g/mol. The van der Waals surface area contributed by atoms with Crippen LogP contribution in [0.5, 0.6) is 0 Å². The Hall–Kier alpha value is -1.50. The summed E-state index contributed by atoms with van der Waals surface area (Å²) in [6.45, 7) is 5.96. The van der Waals surface area contributed by atoms with Crippen LogP contribution >= 0.6 is 23.4 Å². The number of hydrogen-bond donors (Lipinski definition) is 0. The van der Waals surface area contributed by atoms with Crippen molar-refractivity contribution in [1.29, 1.82) is 0 Å². The molecule has 0 atom stereocenters. The molecule has 25 heavy (non-hydrogen) atoms. The van der Waals surface area contributed by atoms with Crippen molar-refractivity contribution in [3.05, 3.63) is 52.4 Å². The van der Waals surface area contributed by atoms with Crippen molar-refractivity contribution in [3.63, 3.8) is 0 Å². The number of aromatic nitrogens is 1. The maximum Gasteiger partial charge on any atom is 0.232 e. The number of nitrogens with zero attached hydrogens (tertiary/aromatic N) is 3. The Balaban J connectivity index is 1.37. The van der Waals surface area contributed by atoms with E-state index in [1.54, 1.807) is 11.8 Å². The van der Waals surface area contributed by atoms with Crippen LogP contribution < -0.4 is 0 Å². The summed E-state index contributed by atoms with van der Waals surface area (Å²) >= 11 is 7.53. The molecular weight excluding hydrogens is 358 g/mol. The molecule has 2 heterocycles. The lowest BCUT2D eigenvalue weighted by Crippen LogP contribution is -2.48. The first-order chi connectivity index (χ1) is 12.1. The number of rotatable bonds is 6. The summed E-state index contributed by atoms with van der Waals surface area (Å²) in [4.78, 5) is 16.6. The zero-order valence-electron chi connectivity index (χ0n) is 14.3. The van der Waals surface area contributed by atoms with E-state index in [1.165, 1.54) is 5.56 Å². The predicted octanol–water partition coefficient (Wildman–Crippen LogP) is 3.21. The summed E-state index contributed by atoms with van der Waals surface area (Å²) in [6, 6.07) is 9.74. The van der Waals surface area contributed by atoms with Crippen LogP contribution in [-0.2, 0) is 17.1 Å². The summed E-state index contributed by atoms with van der Waals surface area (Å²) in [5.74, 6) is 2.45. The average Bonchev–Trinajstić information content (AvgIpc) is 3.02. The van der Waals surface area contributed by atoms with Gasteiger partial charge in [-0.15, -0.1) is 11.8 Å². The minimum absolute atomic E-state index is 0.217. The lowest BCUT2D eigenvalue weighted by Gasteiger charge is -2.34. The fraction of sp³-hybridized carbons (Fsp3) is 0.444. The van der Waals surface area contributed by atoms with Gasteiger partial charge >= 0.3 is 0 Å². The highest BCUT2D eigenvalue weighted by atomic mass is 35.5. The van der Waals surface area contributed by atoms with Crippen LogP contribution in [0.1, 0.15) is 17.0 Å². The van der Waals surface area contributed by atoms with Crippen LogP contribution in [0.3, 0.4) is 0 Å². The lowest BCUT2D eigenvalue weighted by molar-refractivity contribution is -0.130. The molecule has 1 amide bonds. The zero-order valence-corrected chi connectivity index (χ0v) is 15.9. The number of halogens is 1. The second-order valence-corrected chi connectivity index (χ2v) is 7.63. The monoisotopic (exact) mass is 379 g/mol. The topological polar surface area (TPSA) is 49.6 Å². The van der Waals surface area contributed by atoms with Crippen molar-refractivity contribution >= 4 is 29.3 Å². The normalized spacial score (nSPS) is 15.5. The van der Waals surface area contributed by atoms with Crippen molar-refractivity contribution in [3.8, 4) is 0 Å². The standard InChI is InChI=1S/C18H22ClN3O2S/c1-14-10-17(24-20-14)11-21-6-8-22(9-7-21)18(23)13-25-12-15-2-4-16(19)5-3-15/h2-5,10H,6-9,11-13H2,1H3. The summed E-state index contributed by atoms with van der Waals surface area (Å²) in [6.07, 6.45) is 0. The number of piperazine rings is 1. The molecule has 1 fully saturated rings. The maximum absolute atomic E-state index is 12.3. The van der Waals surface area contributed by atoms with Crippen molar-refractivity contribution < 1.29 is 9.32 Å². The maximum atomic E-state index is 12.3. The number of thioether (sulfide) groups is 1. The molecule has 3 rings (SSSR count). The molecule has 0 spiro atoms. The van der Waals surface area contributed by atoms with Gasteiger partial charge in [-0.3, -0.25) is 9.69 Å². The number of amides is 1. The van der Waals surface area contributed by atoms with E-state index in [2.05, 4.69) is 10.1 Å². The largest absolute Gasteiger partial charge is 0.360 e. The van der Waals surface area contributed by atoms with Crippen LogP contribution in [0, 0.1) is 6.92 Å². The van der Waals surface area contributed by atoms with Crippen LogP contribution in [0.2, 0.25) is 5.02 Å². The minimum atomic E-state index is 0.217. The van der Waals surface area contributed by atoms with E-state index in [0.29, 0.717) is 5.75 Å². The number of carbonyl (C=O) groups is 1. The Labute approximate surface area is 157 Å². The molecular formula is C18H22ClN3O2S. The number of carbonyl (C=O) groups excluding carboxylic acids is 1. The quantitative estimate of drug-likeness (QED) is 0.771. The molecule has 5 nitrogen and oxygen atoms in total. The highest BCUT2D eigenvalue weighted by Gasteiger charge is 2.21. The third-order valence-corrected chi connectivity index (χ3v) is 5.43. The second-order valence-electron chi connectivity index (χ2n) is 6.21. The number of hydrogen-bond acceptors (Lipinski definition) is 5. The van der Waals surface area contributed by atoms with Gasteiger partial charge in [0.2, 0.25) is 5.91 Å². The van der Waals surface area contributed by atoms with Gasteiger partial charge in [-0.2, -0.15) is 0 Å². The van der Waals surface area contributed by atoms with Gasteiger partial charge in [0, 0.05) is 43.0 Å². The van der Waals surface area contributed by atoms with Gasteiger partial charge in [0.15, 0.2) is 5.76 Å². The van der Waals surface area contributed by atoms with Gasteiger partial charge in [0.25, 0.3) is 0 Å². The van der Waals surface area contributed by atoms with E-state index in [-0.39, 0.29) is 5.91 Å². The summed E-state index contributed by atoms with van der Waals surface area (Å²) < 4.78 is 5.26. The van der Waals surface area contributed by atoms with Crippen molar-refractivity contribution in [2.24, 2.45) is 0 Å². The first-order valence-corrected chi connectivity index (χ1v) is 9.88. The molecule has 0 unspecified atom stereocenters.